The van der Waals surface area contributed by atoms with Crippen molar-refractivity contribution in [2.75, 3.05) is 7.05 Å². The van der Waals surface area contributed by atoms with Gasteiger partial charge in [0.1, 0.15) is 0 Å². The summed E-state index contributed by atoms with van der Waals surface area (Å²) < 4.78 is 0. The van der Waals surface area contributed by atoms with E-state index in [4.69, 9.17) is 0 Å². The molecule has 0 bridgehead atoms. The summed E-state index contributed by atoms with van der Waals surface area (Å²) in [6.45, 7) is 7.45. The molecular formula is C21H40N2. The van der Waals surface area contributed by atoms with Gasteiger partial charge in [-0.05, 0) is 81.6 Å². The Bertz CT molecular complexity index is 369. The standard InChI is InChI=1S/C21H40N2/c1-5-19-18(13-16-8-6-7-9-21(16)23-19)17-12-14(2)10-11-20(22-4)15(17)3/h14-23H,5-13H2,1-4H3/t14?,15-,16?,17?,18?,19?,20?,21+/m0/s1. The van der Waals surface area contributed by atoms with Crippen LogP contribution in [-0.4, -0.2) is 25.2 Å². The third kappa shape index (κ3) is 3.79. The predicted octanol–water partition coefficient (Wildman–Crippen LogP) is 4.59. The number of rotatable bonds is 3. The highest BCUT2D eigenvalue weighted by Gasteiger charge is 2.43. The summed E-state index contributed by atoms with van der Waals surface area (Å²) in [6.07, 6.45) is 12.9. The van der Waals surface area contributed by atoms with Crippen molar-refractivity contribution in [1.29, 1.82) is 0 Å². The number of nitrogens with one attached hydrogen (secondary N) is 2. The molecule has 0 radical (unpaired) electrons. The van der Waals surface area contributed by atoms with Crippen LogP contribution in [-0.2, 0) is 0 Å². The number of fused-ring (bicyclic) bond motifs is 1. The van der Waals surface area contributed by atoms with E-state index in [2.05, 4.69) is 38.5 Å². The summed E-state index contributed by atoms with van der Waals surface area (Å²) in [5.41, 5.74) is 0. The molecule has 0 aromatic rings. The molecule has 1 heterocycles. The molecule has 2 nitrogen and oxygen atoms in total. The van der Waals surface area contributed by atoms with E-state index in [0.29, 0.717) is 0 Å². The van der Waals surface area contributed by atoms with Crippen molar-refractivity contribution in [3.63, 3.8) is 0 Å². The Kier molecular flexibility index (Phi) is 6.07. The van der Waals surface area contributed by atoms with E-state index in [1.54, 1.807) is 0 Å². The topological polar surface area (TPSA) is 24.1 Å². The smallest absolute Gasteiger partial charge is 0.00982 e. The molecule has 134 valence electrons. The van der Waals surface area contributed by atoms with E-state index < -0.39 is 0 Å². The van der Waals surface area contributed by atoms with Gasteiger partial charge in [-0.15, -0.1) is 0 Å². The average molecular weight is 321 g/mol. The van der Waals surface area contributed by atoms with Crippen molar-refractivity contribution in [2.24, 2.45) is 29.6 Å². The minimum atomic E-state index is 0.728. The Balaban J connectivity index is 1.78. The van der Waals surface area contributed by atoms with Crippen molar-refractivity contribution in [2.45, 2.75) is 96.7 Å². The third-order valence-electron chi connectivity index (χ3n) is 7.74. The van der Waals surface area contributed by atoms with Gasteiger partial charge in [0.05, 0.1) is 0 Å². The predicted molar refractivity (Wildman–Crippen MR) is 99.6 cm³/mol. The van der Waals surface area contributed by atoms with Crippen molar-refractivity contribution in [1.82, 2.24) is 10.6 Å². The molecule has 2 N–H and O–H groups in total. The van der Waals surface area contributed by atoms with Crippen LogP contribution in [0.15, 0.2) is 0 Å². The number of hydrogen-bond donors (Lipinski definition) is 2. The summed E-state index contributed by atoms with van der Waals surface area (Å²) in [7, 11) is 2.18. The molecule has 0 aromatic carbocycles. The second kappa shape index (κ2) is 7.87. The average Bonchev–Trinajstić information content (AvgIpc) is 2.72. The van der Waals surface area contributed by atoms with Crippen molar-refractivity contribution in [3.05, 3.63) is 0 Å². The second-order valence-corrected chi connectivity index (χ2v) is 9.07. The van der Waals surface area contributed by atoms with Crippen LogP contribution in [0.2, 0.25) is 0 Å². The van der Waals surface area contributed by atoms with Gasteiger partial charge >= 0.3 is 0 Å². The number of hydrogen-bond acceptors (Lipinski definition) is 2. The maximum absolute atomic E-state index is 4.12. The highest BCUT2D eigenvalue weighted by Crippen LogP contribution is 2.45. The summed E-state index contributed by atoms with van der Waals surface area (Å²) in [5.74, 6) is 4.51. The Morgan fingerprint density at radius 2 is 1.74 bits per heavy atom. The van der Waals surface area contributed by atoms with Crippen LogP contribution < -0.4 is 10.6 Å². The monoisotopic (exact) mass is 320 g/mol. The van der Waals surface area contributed by atoms with E-state index in [-0.39, 0.29) is 0 Å². The zero-order chi connectivity index (χ0) is 16.4. The fourth-order valence-electron chi connectivity index (χ4n) is 6.31. The highest BCUT2D eigenvalue weighted by molar-refractivity contribution is 4.98. The zero-order valence-corrected chi connectivity index (χ0v) is 16.0. The molecule has 6 unspecified atom stereocenters. The largest absolute Gasteiger partial charge is 0.317 e. The molecular weight excluding hydrogens is 280 g/mol. The van der Waals surface area contributed by atoms with Crippen molar-refractivity contribution >= 4 is 0 Å². The van der Waals surface area contributed by atoms with Gasteiger partial charge in [-0.25, -0.2) is 0 Å². The summed E-state index contributed by atoms with van der Waals surface area (Å²) >= 11 is 0. The zero-order valence-electron chi connectivity index (χ0n) is 16.0. The van der Waals surface area contributed by atoms with Crippen LogP contribution in [0, 0.1) is 29.6 Å². The van der Waals surface area contributed by atoms with Crippen LogP contribution in [0.5, 0.6) is 0 Å². The van der Waals surface area contributed by atoms with Gasteiger partial charge in [-0.3, -0.25) is 0 Å². The molecule has 23 heavy (non-hydrogen) atoms. The van der Waals surface area contributed by atoms with Gasteiger partial charge in [0, 0.05) is 18.1 Å². The Morgan fingerprint density at radius 1 is 0.957 bits per heavy atom. The lowest BCUT2D eigenvalue weighted by molar-refractivity contribution is 0.0527. The molecule has 2 heteroatoms. The van der Waals surface area contributed by atoms with Crippen molar-refractivity contribution < 1.29 is 0 Å². The maximum Gasteiger partial charge on any atom is 0.00982 e. The van der Waals surface area contributed by atoms with Crippen LogP contribution >= 0.6 is 0 Å². The van der Waals surface area contributed by atoms with Gasteiger partial charge in [-0.1, -0.05) is 33.6 Å². The Morgan fingerprint density at radius 3 is 2.48 bits per heavy atom. The van der Waals surface area contributed by atoms with E-state index in [9.17, 15) is 0 Å². The maximum atomic E-state index is 4.12. The van der Waals surface area contributed by atoms with Crippen LogP contribution in [0.1, 0.15) is 78.6 Å². The summed E-state index contributed by atoms with van der Waals surface area (Å²) in [4.78, 5) is 0. The first kappa shape index (κ1) is 17.7. The molecule has 3 fully saturated rings. The van der Waals surface area contributed by atoms with E-state index in [1.807, 2.05) is 0 Å². The molecule has 1 aliphatic heterocycles. The molecule has 3 rings (SSSR count). The molecule has 0 amide bonds. The summed E-state index contributed by atoms with van der Waals surface area (Å²) in [6, 6.07) is 2.33. The fourth-order valence-corrected chi connectivity index (χ4v) is 6.31. The van der Waals surface area contributed by atoms with Crippen LogP contribution in [0.4, 0.5) is 0 Å². The van der Waals surface area contributed by atoms with Crippen LogP contribution in [0.25, 0.3) is 0 Å². The van der Waals surface area contributed by atoms with Gasteiger partial charge in [0.2, 0.25) is 0 Å². The first-order valence-electron chi connectivity index (χ1n) is 10.6. The van der Waals surface area contributed by atoms with Gasteiger partial charge in [0.25, 0.3) is 0 Å². The molecule has 1 saturated heterocycles. The first-order chi connectivity index (χ1) is 11.1. The molecule has 0 aromatic heterocycles. The van der Waals surface area contributed by atoms with Gasteiger partial charge < -0.3 is 10.6 Å². The molecule has 2 saturated carbocycles. The minimum absolute atomic E-state index is 0.728. The lowest BCUT2D eigenvalue weighted by Crippen LogP contribution is -2.56. The normalized spacial score (nSPS) is 48.5. The lowest BCUT2D eigenvalue weighted by Gasteiger charge is -2.49. The van der Waals surface area contributed by atoms with Gasteiger partial charge in [0.15, 0.2) is 0 Å². The van der Waals surface area contributed by atoms with E-state index >= 15 is 0 Å². The lowest BCUT2D eigenvalue weighted by atomic mass is 9.64. The Hall–Kier alpha value is -0.0800. The van der Waals surface area contributed by atoms with Crippen molar-refractivity contribution in [3.8, 4) is 0 Å². The fraction of sp³-hybridized carbons (Fsp3) is 1.00. The van der Waals surface area contributed by atoms with Crippen LogP contribution in [0.3, 0.4) is 0 Å². The molecule has 3 aliphatic rings. The van der Waals surface area contributed by atoms with E-state index in [0.717, 1.165) is 47.7 Å². The van der Waals surface area contributed by atoms with E-state index in [1.165, 1.54) is 57.8 Å². The first-order valence-corrected chi connectivity index (χ1v) is 10.6. The number of piperidine rings is 1. The Labute approximate surface area is 144 Å². The molecule has 0 spiro atoms. The molecule has 8 atom stereocenters. The SMILES string of the molecule is CCC1N[C@@H]2CCCCC2CC1C1CC(C)CCC(NC)[C@H]1C. The third-order valence-corrected chi connectivity index (χ3v) is 7.74. The van der Waals surface area contributed by atoms with Gasteiger partial charge in [-0.2, -0.15) is 0 Å². The minimum Gasteiger partial charge on any atom is -0.317 e. The highest BCUT2D eigenvalue weighted by atomic mass is 15.0. The second-order valence-electron chi connectivity index (χ2n) is 9.07. The quantitative estimate of drug-likeness (QED) is 0.743. The molecule has 2 aliphatic carbocycles. The summed E-state index contributed by atoms with van der Waals surface area (Å²) in [5, 5.41) is 7.77.